The van der Waals surface area contributed by atoms with E-state index < -0.39 is 0 Å². The van der Waals surface area contributed by atoms with Crippen LogP contribution in [0.2, 0.25) is 0 Å². The summed E-state index contributed by atoms with van der Waals surface area (Å²) >= 11 is 3.18. The minimum Gasteiger partial charge on any atom is -0.397 e. The molecule has 0 atom stereocenters. The van der Waals surface area contributed by atoms with Crippen molar-refractivity contribution in [3.63, 3.8) is 0 Å². The number of rotatable bonds is 5. The average molecular weight is 268 g/mol. The van der Waals surface area contributed by atoms with Gasteiger partial charge in [0.2, 0.25) is 0 Å². The number of thiophene rings is 1. The molecule has 1 heterocycles. The van der Waals surface area contributed by atoms with Gasteiger partial charge in [-0.25, -0.2) is 0 Å². The molecule has 3 nitrogen and oxygen atoms in total. The van der Waals surface area contributed by atoms with Crippen molar-refractivity contribution in [2.45, 2.75) is 23.0 Å². The van der Waals surface area contributed by atoms with Gasteiger partial charge in [0.05, 0.1) is 9.90 Å². The molecule has 1 aromatic heterocycles. The molecule has 0 spiro atoms. The lowest BCUT2D eigenvalue weighted by atomic mass is 10.1. The number of carbonyl (C=O) groups excluding carboxylic acids is 1. The van der Waals surface area contributed by atoms with Crippen molar-refractivity contribution >= 4 is 34.7 Å². The van der Waals surface area contributed by atoms with Crippen molar-refractivity contribution in [1.29, 1.82) is 0 Å². The van der Waals surface area contributed by atoms with Crippen molar-refractivity contribution < 1.29 is 4.79 Å². The number of nitrogens with one attached hydrogen (secondary N) is 1. The molecule has 0 bridgehead atoms. The maximum Gasteiger partial charge on any atom is 0.263 e. The second-order valence-corrected chi connectivity index (χ2v) is 6.12. The van der Waals surface area contributed by atoms with Crippen LogP contribution in [0.15, 0.2) is 16.9 Å². The number of carbonyl (C=O) groups is 1. The molecule has 92 valence electrons. The summed E-state index contributed by atoms with van der Waals surface area (Å²) < 4.78 is 1.19. The monoisotopic (exact) mass is 268 g/mol. The first kappa shape index (κ1) is 12.5. The number of hydrogen-bond acceptors (Lipinski definition) is 4. The summed E-state index contributed by atoms with van der Waals surface area (Å²) in [6.45, 7) is 4.05. The molecule has 0 saturated heterocycles. The van der Waals surface area contributed by atoms with Gasteiger partial charge in [0.25, 0.3) is 5.91 Å². The first-order valence-corrected chi connectivity index (χ1v) is 7.58. The van der Waals surface area contributed by atoms with Gasteiger partial charge in [-0.15, -0.1) is 29.7 Å². The highest BCUT2D eigenvalue weighted by Gasteiger charge is 2.32. The Labute approximate surface area is 109 Å². The van der Waals surface area contributed by atoms with Crippen molar-refractivity contribution in [2.24, 2.45) is 0 Å². The molecule has 17 heavy (non-hydrogen) atoms. The Hall–Kier alpha value is -0.940. The van der Waals surface area contributed by atoms with E-state index in [9.17, 15) is 4.79 Å². The second kappa shape index (κ2) is 5.14. The molecule has 1 fully saturated rings. The lowest BCUT2D eigenvalue weighted by Crippen LogP contribution is -2.23. The number of anilines is 1. The van der Waals surface area contributed by atoms with Crippen LogP contribution in [0.3, 0.4) is 0 Å². The Morgan fingerprint density at radius 3 is 2.94 bits per heavy atom. The largest absolute Gasteiger partial charge is 0.397 e. The fourth-order valence-corrected chi connectivity index (χ4v) is 3.80. The van der Waals surface area contributed by atoms with Gasteiger partial charge in [-0.3, -0.25) is 4.79 Å². The highest BCUT2D eigenvalue weighted by molar-refractivity contribution is 8.00. The zero-order valence-electron chi connectivity index (χ0n) is 9.79. The van der Waals surface area contributed by atoms with Crippen LogP contribution in [0.5, 0.6) is 0 Å². The van der Waals surface area contributed by atoms with Gasteiger partial charge in [0.15, 0.2) is 0 Å². The molecule has 1 aromatic rings. The predicted molar refractivity (Wildman–Crippen MR) is 75.0 cm³/mol. The Morgan fingerprint density at radius 1 is 1.71 bits per heavy atom. The third-order valence-corrected chi connectivity index (χ3v) is 5.09. The van der Waals surface area contributed by atoms with E-state index >= 15 is 0 Å². The fourth-order valence-electron chi connectivity index (χ4n) is 1.76. The van der Waals surface area contributed by atoms with Gasteiger partial charge >= 0.3 is 0 Å². The Balaban J connectivity index is 2.28. The standard InChI is InChI=1S/C12H16N2OS2/c1-3-6-14-11(15)10-9(13)8(7-4-5-7)12(16-2)17-10/h3,7H,1,4-6,13H2,2H3,(H,14,15). The SMILES string of the molecule is C=CCNC(=O)c1sc(SC)c(C2CC2)c1N. The molecule has 1 saturated carbocycles. The highest BCUT2D eigenvalue weighted by Crippen LogP contribution is 2.50. The van der Waals surface area contributed by atoms with Gasteiger partial charge in [-0.1, -0.05) is 6.08 Å². The Morgan fingerprint density at radius 2 is 2.41 bits per heavy atom. The molecule has 0 unspecified atom stereocenters. The molecular formula is C12H16N2OS2. The van der Waals surface area contributed by atoms with Gasteiger partial charge in [0, 0.05) is 12.1 Å². The zero-order chi connectivity index (χ0) is 12.4. The molecule has 3 N–H and O–H groups in total. The van der Waals surface area contributed by atoms with Gasteiger partial charge in [-0.05, 0) is 25.0 Å². The quantitative estimate of drug-likeness (QED) is 0.638. The first-order valence-electron chi connectivity index (χ1n) is 5.54. The Bertz CT molecular complexity index is 450. The van der Waals surface area contributed by atoms with Gasteiger partial charge in [0.1, 0.15) is 4.88 Å². The summed E-state index contributed by atoms with van der Waals surface area (Å²) in [7, 11) is 0. The summed E-state index contributed by atoms with van der Waals surface area (Å²) in [5.41, 5.74) is 7.99. The number of nitrogens with two attached hydrogens (primary N) is 1. The summed E-state index contributed by atoms with van der Waals surface area (Å²) in [5, 5.41) is 2.78. The average Bonchev–Trinajstić information content (AvgIpc) is 3.10. The molecule has 0 radical (unpaired) electrons. The summed E-state index contributed by atoms with van der Waals surface area (Å²) in [6.07, 6.45) is 6.09. The molecule has 1 aliphatic carbocycles. The van der Waals surface area contributed by atoms with E-state index in [1.807, 2.05) is 6.26 Å². The Kier molecular flexibility index (Phi) is 3.79. The molecule has 5 heteroatoms. The van der Waals surface area contributed by atoms with Crippen molar-refractivity contribution in [1.82, 2.24) is 5.32 Å². The summed E-state index contributed by atoms with van der Waals surface area (Å²) in [6, 6.07) is 0. The van der Waals surface area contributed by atoms with Crippen molar-refractivity contribution in [2.75, 3.05) is 18.5 Å². The van der Waals surface area contributed by atoms with E-state index in [1.54, 1.807) is 17.8 Å². The third kappa shape index (κ3) is 2.50. The molecule has 2 rings (SSSR count). The third-order valence-electron chi connectivity index (χ3n) is 2.73. The topological polar surface area (TPSA) is 55.1 Å². The number of nitrogen functional groups attached to an aromatic ring is 1. The molecule has 1 amide bonds. The van der Waals surface area contributed by atoms with Crippen LogP contribution in [0, 0.1) is 0 Å². The smallest absolute Gasteiger partial charge is 0.263 e. The van der Waals surface area contributed by atoms with Crippen LogP contribution in [-0.2, 0) is 0 Å². The van der Waals surface area contributed by atoms with Gasteiger partial charge < -0.3 is 11.1 Å². The maximum absolute atomic E-state index is 11.9. The maximum atomic E-state index is 11.9. The number of thioether (sulfide) groups is 1. The van der Waals surface area contributed by atoms with Crippen molar-refractivity contribution in [3.05, 3.63) is 23.1 Å². The summed E-state index contributed by atoms with van der Waals surface area (Å²) in [5.74, 6) is 0.490. The molecule has 1 aliphatic rings. The van der Waals surface area contributed by atoms with Gasteiger partial charge in [-0.2, -0.15) is 0 Å². The van der Waals surface area contributed by atoms with Crippen LogP contribution >= 0.6 is 23.1 Å². The molecular weight excluding hydrogens is 252 g/mol. The van der Waals surface area contributed by atoms with Crippen molar-refractivity contribution in [3.8, 4) is 0 Å². The van der Waals surface area contributed by atoms with E-state index in [4.69, 9.17) is 5.73 Å². The number of hydrogen-bond donors (Lipinski definition) is 2. The van der Waals surface area contributed by atoms with Crippen LogP contribution in [0.4, 0.5) is 5.69 Å². The van der Waals surface area contributed by atoms with Crippen LogP contribution < -0.4 is 11.1 Å². The first-order chi connectivity index (χ1) is 8.19. The van der Waals surface area contributed by atoms with E-state index in [0.717, 1.165) is 0 Å². The lowest BCUT2D eigenvalue weighted by Gasteiger charge is -2.02. The molecule has 0 aromatic carbocycles. The lowest BCUT2D eigenvalue weighted by molar-refractivity contribution is 0.0963. The van der Waals surface area contributed by atoms with E-state index in [0.29, 0.717) is 23.0 Å². The van der Waals surface area contributed by atoms with E-state index in [2.05, 4.69) is 11.9 Å². The number of amides is 1. The summed E-state index contributed by atoms with van der Waals surface area (Å²) in [4.78, 5) is 12.6. The second-order valence-electron chi connectivity index (χ2n) is 4.02. The molecule has 0 aliphatic heterocycles. The minimum absolute atomic E-state index is 0.0883. The zero-order valence-corrected chi connectivity index (χ0v) is 11.4. The fraction of sp³-hybridized carbons (Fsp3) is 0.417. The highest BCUT2D eigenvalue weighted by atomic mass is 32.2. The van der Waals surface area contributed by atoms with Crippen LogP contribution in [0.25, 0.3) is 0 Å². The normalized spacial score (nSPS) is 14.6. The van der Waals surface area contributed by atoms with E-state index in [-0.39, 0.29) is 5.91 Å². The van der Waals surface area contributed by atoms with E-state index in [1.165, 1.54) is 34.0 Å². The minimum atomic E-state index is -0.0883. The van der Waals surface area contributed by atoms with Crippen LogP contribution in [-0.4, -0.2) is 18.7 Å². The predicted octanol–water partition coefficient (Wildman–Crippen LogP) is 2.85. The van der Waals surface area contributed by atoms with Crippen LogP contribution in [0.1, 0.15) is 34.0 Å².